The van der Waals surface area contributed by atoms with E-state index in [-0.39, 0.29) is 0 Å². The second kappa shape index (κ2) is 6.79. The van der Waals surface area contributed by atoms with Crippen LogP contribution in [0.1, 0.15) is 25.3 Å². The van der Waals surface area contributed by atoms with Gasteiger partial charge in [-0.1, -0.05) is 18.5 Å². The number of halogens is 1. The van der Waals surface area contributed by atoms with Gasteiger partial charge in [0.05, 0.1) is 11.3 Å². The molecule has 1 saturated heterocycles. The average molecular weight is 278 g/mol. The molecule has 0 unspecified atom stereocenters. The van der Waals surface area contributed by atoms with Gasteiger partial charge in [-0.05, 0) is 44.1 Å². The maximum Gasteiger partial charge on any atom is 0.101 e. The van der Waals surface area contributed by atoms with Crippen LogP contribution in [0.3, 0.4) is 0 Å². The molecular weight excluding hydrogens is 258 g/mol. The van der Waals surface area contributed by atoms with Crippen molar-refractivity contribution < 1.29 is 0 Å². The van der Waals surface area contributed by atoms with Crippen molar-refractivity contribution in [3.8, 4) is 6.07 Å². The van der Waals surface area contributed by atoms with Crippen LogP contribution in [-0.2, 0) is 0 Å². The maximum absolute atomic E-state index is 9.23. The van der Waals surface area contributed by atoms with Crippen molar-refractivity contribution in [2.75, 3.05) is 37.6 Å². The number of nitriles is 1. The third-order valence-corrected chi connectivity index (χ3v) is 3.78. The summed E-state index contributed by atoms with van der Waals surface area (Å²) in [6.45, 7) is 7.60. The van der Waals surface area contributed by atoms with Gasteiger partial charge in [0.1, 0.15) is 6.07 Å². The fraction of sp³-hybridized carbons (Fsp3) is 0.533. The van der Waals surface area contributed by atoms with Gasteiger partial charge >= 0.3 is 0 Å². The van der Waals surface area contributed by atoms with Crippen LogP contribution in [0.4, 0.5) is 5.69 Å². The van der Waals surface area contributed by atoms with E-state index in [0.717, 1.165) is 38.3 Å². The zero-order valence-corrected chi connectivity index (χ0v) is 12.2. The molecular formula is C15H20ClN3. The van der Waals surface area contributed by atoms with Gasteiger partial charge in [0.15, 0.2) is 0 Å². The number of hydrogen-bond donors (Lipinski definition) is 0. The highest BCUT2D eigenvalue weighted by atomic mass is 35.5. The van der Waals surface area contributed by atoms with Crippen LogP contribution in [0.25, 0.3) is 0 Å². The first-order valence-corrected chi connectivity index (χ1v) is 7.29. The molecule has 0 radical (unpaired) electrons. The molecule has 0 bridgehead atoms. The highest BCUT2D eigenvalue weighted by molar-refractivity contribution is 6.30. The van der Waals surface area contributed by atoms with Gasteiger partial charge in [0, 0.05) is 24.7 Å². The Morgan fingerprint density at radius 2 is 2.11 bits per heavy atom. The standard InChI is InChI=1S/C15H20ClN3/c1-2-6-18-7-3-8-19(10-9-18)15-5-4-14(16)11-13(15)12-17/h4-5,11H,2-3,6-10H2,1H3. The molecule has 1 heterocycles. The summed E-state index contributed by atoms with van der Waals surface area (Å²) in [7, 11) is 0. The largest absolute Gasteiger partial charge is 0.369 e. The van der Waals surface area contributed by atoms with E-state index in [1.165, 1.54) is 13.0 Å². The fourth-order valence-corrected chi connectivity index (χ4v) is 2.80. The molecule has 1 aromatic carbocycles. The van der Waals surface area contributed by atoms with E-state index >= 15 is 0 Å². The van der Waals surface area contributed by atoms with Crippen LogP contribution in [0.2, 0.25) is 5.02 Å². The molecule has 1 aliphatic heterocycles. The molecule has 0 saturated carbocycles. The third kappa shape index (κ3) is 3.62. The van der Waals surface area contributed by atoms with E-state index in [4.69, 9.17) is 11.6 Å². The number of benzene rings is 1. The first-order valence-electron chi connectivity index (χ1n) is 6.91. The Hall–Kier alpha value is -1.24. The molecule has 0 N–H and O–H groups in total. The summed E-state index contributed by atoms with van der Waals surface area (Å²) in [6, 6.07) is 7.84. The topological polar surface area (TPSA) is 30.3 Å². The van der Waals surface area contributed by atoms with Gasteiger partial charge in [0.25, 0.3) is 0 Å². The van der Waals surface area contributed by atoms with Gasteiger partial charge < -0.3 is 9.80 Å². The zero-order chi connectivity index (χ0) is 13.7. The number of anilines is 1. The van der Waals surface area contributed by atoms with Crippen LogP contribution in [0.5, 0.6) is 0 Å². The lowest BCUT2D eigenvalue weighted by Gasteiger charge is -2.24. The second-order valence-electron chi connectivity index (χ2n) is 4.96. The summed E-state index contributed by atoms with van der Waals surface area (Å²) in [5.41, 5.74) is 1.70. The van der Waals surface area contributed by atoms with Crippen LogP contribution in [-0.4, -0.2) is 37.6 Å². The van der Waals surface area contributed by atoms with Crippen LogP contribution in [0, 0.1) is 11.3 Å². The summed E-state index contributed by atoms with van der Waals surface area (Å²) >= 11 is 5.95. The van der Waals surface area contributed by atoms with Gasteiger partial charge in [-0.15, -0.1) is 0 Å². The minimum Gasteiger partial charge on any atom is -0.369 e. The molecule has 3 nitrogen and oxygen atoms in total. The van der Waals surface area contributed by atoms with Crippen molar-refractivity contribution in [3.63, 3.8) is 0 Å². The Morgan fingerprint density at radius 3 is 2.84 bits per heavy atom. The highest BCUT2D eigenvalue weighted by Gasteiger charge is 2.17. The lowest BCUT2D eigenvalue weighted by molar-refractivity contribution is 0.294. The van der Waals surface area contributed by atoms with E-state index in [1.54, 1.807) is 6.07 Å². The van der Waals surface area contributed by atoms with Gasteiger partial charge in [-0.25, -0.2) is 0 Å². The minimum absolute atomic E-state index is 0.628. The number of nitrogens with zero attached hydrogens (tertiary/aromatic N) is 3. The minimum atomic E-state index is 0.628. The zero-order valence-electron chi connectivity index (χ0n) is 11.4. The fourth-order valence-electron chi connectivity index (χ4n) is 2.63. The highest BCUT2D eigenvalue weighted by Crippen LogP contribution is 2.24. The summed E-state index contributed by atoms with van der Waals surface area (Å²) < 4.78 is 0. The van der Waals surface area contributed by atoms with Crippen molar-refractivity contribution in [2.24, 2.45) is 0 Å². The molecule has 0 aliphatic carbocycles. The van der Waals surface area contributed by atoms with Crippen molar-refractivity contribution in [2.45, 2.75) is 19.8 Å². The first kappa shape index (κ1) is 14.2. The normalized spacial score (nSPS) is 17.0. The molecule has 102 valence electrons. The van der Waals surface area contributed by atoms with Crippen molar-refractivity contribution in [1.29, 1.82) is 5.26 Å². The number of hydrogen-bond acceptors (Lipinski definition) is 3. The van der Waals surface area contributed by atoms with Gasteiger partial charge in [-0.3, -0.25) is 0 Å². The summed E-state index contributed by atoms with van der Waals surface area (Å²) in [5, 5.41) is 9.86. The predicted molar refractivity (Wildman–Crippen MR) is 79.7 cm³/mol. The molecule has 19 heavy (non-hydrogen) atoms. The smallest absolute Gasteiger partial charge is 0.101 e. The molecule has 0 aromatic heterocycles. The Morgan fingerprint density at radius 1 is 1.26 bits per heavy atom. The van der Waals surface area contributed by atoms with E-state index in [1.807, 2.05) is 12.1 Å². The van der Waals surface area contributed by atoms with Crippen molar-refractivity contribution in [3.05, 3.63) is 28.8 Å². The molecule has 2 rings (SSSR count). The van der Waals surface area contributed by atoms with E-state index in [2.05, 4.69) is 22.8 Å². The molecule has 0 spiro atoms. The summed E-state index contributed by atoms with van der Waals surface area (Å²) in [5.74, 6) is 0. The molecule has 1 aromatic rings. The Labute approximate surface area is 120 Å². The van der Waals surface area contributed by atoms with Crippen molar-refractivity contribution in [1.82, 2.24) is 4.90 Å². The SMILES string of the molecule is CCCN1CCCN(c2ccc(Cl)cc2C#N)CC1. The second-order valence-corrected chi connectivity index (χ2v) is 5.39. The third-order valence-electron chi connectivity index (χ3n) is 3.55. The van der Waals surface area contributed by atoms with Gasteiger partial charge in [-0.2, -0.15) is 5.26 Å². The molecule has 4 heteroatoms. The molecule has 1 aliphatic rings. The van der Waals surface area contributed by atoms with Gasteiger partial charge in [0.2, 0.25) is 0 Å². The quantitative estimate of drug-likeness (QED) is 0.850. The van der Waals surface area contributed by atoms with Crippen LogP contribution in [0.15, 0.2) is 18.2 Å². The average Bonchev–Trinajstić information content (AvgIpc) is 2.65. The number of rotatable bonds is 3. The summed E-state index contributed by atoms with van der Waals surface area (Å²) in [4.78, 5) is 4.81. The lowest BCUT2D eigenvalue weighted by Crippen LogP contribution is -2.31. The first-order chi connectivity index (χ1) is 9.24. The summed E-state index contributed by atoms with van der Waals surface area (Å²) in [6.07, 6.45) is 2.35. The van der Waals surface area contributed by atoms with E-state index in [0.29, 0.717) is 10.6 Å². The molecule has 0 atom stereocenters. The predicted octanol–water partition coefficient (Wildman–Crippen LogP) is 3.13. The van der Waals surface area contributed by atoms with Crippen molar-refractivity contribution >= 4 is 17.3 Å². The lowest BCUT2D eigenvalue weighted by atomic mass is 10.1. The Bertz CT molecular complexity index is 467. The maximum atomic E-state index is 9.23. The van der Waals surface area contributed by atoms with Crippen LogP contribution >= 0.6 is 11.6 Å². The molecule has 0 amide bonds. The van der Waals surface area contributed by atoms with Crippen LogP contribution < -0.4 is 4.90 Å². The Balaban J connectivity index is 2.12. The molecule has 1 fully saturated rings. The van der Waals surface area contributed by atoms with E-state index in [9.17, 15) is 5.26 Å². The van der Waals surface area contributed by atoms with E-state index < -0.39 is 0 Å². The Kier molecular flexibility index (Phi) is 5.07. The monoisotopic (exact) mass is 277 g/mol.